The van der Waals surface area contributed by atoms with Crippen molar-refractivity contribution in [2.24, 2.45) is 4.99 Å². The summed E-state index contributed by atoms with van der Waals surface area (Å²) < 4.78 is 37.1. The maximum absolute atomic E-state index is 15.4. The van der Waals surface area contributed by atoms with E-state index in [0.29, 0.717) is 52.1 Å². The van der Waals surface area contributed by atoms with Gasteiger partial charge in [0.1, 0.15) is 11.6 Å². The van der Waals surface area contributed by atoms with Crippen LogP contribution in [0.4, 0.5) is 20.3 Å². The van der Waals surface area contributed by atoms with Gasteiger partial charge in [-0.25, -0.2) is 18.8 Å². The van der Waals surface area contributed by atoms with Crippen molar-refractivity contribution in [2.45, 2.75) is 51.6 Å². The first kappa shape index (κ1) is 35.3. The topological polar surface area (TPSA) is 96.2 Å². The second kappa shape index (κ2) is 13.8. The standard InChI is InChI=1S/C40H43F2N7O3/c1-7-29-20-47(31-22-52-23-31)10-11-48(29)30-8-9-37(43-18-30)45-35-13-26(19-46(6)24(35)2)32-15-28(41)16-36(33(32)21-50)49-39(51)38-25(17-44-49)12-27(14-34(38)42)40(3,4)5/h8-9,12-18,21,29,31H,2,7,10-11,19-20,22-23H2,1,3-6H3. The molecule has 2 aromatic heterocycles. The van der Waals surface area contributed by atoms with Crippen LogP contribution in [0, 0.1) is 11.6 Å². The van der Waals surface area contributed by atoms with Gasteiger partial charge in [-0.15, -0.1) is 0 Å². The van der Waals surface area contributed by atoms with Crippen molar-refractivity contribution in [2.75, 3.05) is 51.3 Å². The molecule has 3 aliphatic heterocycles. The van der Waals surface area contributed by atoms with Crippen molar-refractivity contribution in [1.29, 1.82) is 0 Å². The summed E-state index contributed by atoms with van der Waals surface area (Å²) in [4.78, 5) is 42.7. The Balaban J connectivity index is 1.22. The predicted molar refractivity (Wildman–Crippen MR) is 200 cm³/mol. The Morgan fingerprint density at radius 1 is 1.10 bits per heavy atom. The van der Waals surface area contributed by atoms with Crippen molar-refractivity contribution in [3.63, 3.8) is 0 Å². The lowest BCUT2D eigenvalue weighted by molar-refractivity contribution is -0.0698. The molecule has 3 aliphatic rings. The number of fused-ring (bicyclic) bond motifs is 1. The van der Waals surface area contributed by atoms with E-state index in [4.69, 9.17) is 9.73 Å². The second-order valence-corrected chi connectivity index (χ2v) is 14.8. The van der Waals surface area contributed by atoms with Gasteiger partial charge < -0.3 is 14.5 Å². The van der Waals surface area contributed by atoms with Crippen LogP contribution in [0.3, 0.4) is 0 Å². The average Bonchev–Trinajstić information content (AvgIpc) is 3.09. The minimum Gasteiger partial charge on any atom is -0.378 e. The summed E-state index contributed by atoms with van der Waals surface area (Å²) in [7, 11) is 1.83. The number of ether oxygens (including phenoxy) is 1. The number of nitrogens with zero attached hydrogens (tertiary/aromatic N) is 7. The molecule has 7 rings (SSSR count). The lowest BCUT2D eigenvalue weighted by Crippen LogP contribution is -2.60. The number of anilines is 1. The highest BCUT2D eigenvalue weighted by molar-refractivity contribution is 6.14. The van der Waals surface area contributed by atoms with E-state index in [9.17, 15) is 9.59 Å². The first-order valence-corrected chi connectivity index (χ1v) is 17.6. The van der Waals surface area contributed by atoms with Crippen LogP contribution in [0.5, 0.6) is 0 Å². The van der Waals surface area contributed by atoms with Crippen LogP contribution < -0.4 is 10.5 Å². The summed E-state index contributed by atoms with van der Waals surface area (Å²) in [5.74, 6) is -0.926. The number of pyridine rings is 1. The van der Waals surface area contributed by atoms with Crippen molar-refractivity contribution in [3.05, 3.63) is 106 Å². The SMILES string of the molecule is C=C1C(=Nc2ccc(N3CCN(C4COC4)CC3CC)cn2)C=C(c2cc(F)cc(-n3ncc4cc(C(C)(C)C)cc(F)c4c3=O)c2C=O)CN1C. The molecule has 1 atom stereocenters. The minimum absolute atomic E-state index is 0.0338. The molecule has 12 heteroatoms. The van der Waals surface area contributed by atoms with E-state index in [1.165, 1.54) is 18.3 Å². The van der Waals surface area contributed by atoms with E-state index in [1.54, 1.807) is 12.1 Å². The monoisotopic (exact) mass is 707 g/mol. The number of aromatic nitrogens is 3. The molecule has 0 radical (unpaired) electrons. The molecule has 4 aromatic rings. The number of hydrogen-bond donors (Lipinski definition) is 0. The highest BCUT2D eigenvalue weighted by atomic mass is 19.1. The Morgan fingerprint density at radius 2 is 1.88 bits per heavy atom. The summed E-state index contributed by atoms with van der Waals surface area (Å²) >= 11 is 0. The fourth-order valence-corrected chi connectivity index (χ4v) is 7.18. The van der Waals surface area contributed by atoms with E-state index in [0.717, 1.165) is 55.7 Å². The number of allylic oxidation sites excluding steroid dienone is 1. The van der Waals surface area contributed by atoms with Crippen LogP contribution in [-0.2, 0) is 10.2 Å². The maximum Gasteiger partial charge on any atom is 0.282 e. The fourth-order valence-electron chi connectivity index (χ4n) is 7.18. The van der Waals surface area contributed by atoms with Gasteiger partial charge in [0.15, 0.2) is 12.1 Å². The average molecular weight is 708 g/mol. The van der Waals surface area contributed by atoms with Crippen LogP contribution in [0.25, 0.3) is 22.0 Å². The van der Waals surface area contributed by atoms with Crippen molar-refractivity contribution < 1.29 is 18.3 Å². The molecule has 0 aliphatic carbocycles. The van der Waals surface area contributed by atoms with Gasteiger partial charge in [0.25, 0.3) is 5.56 Å². The van der Waals surface area contributed by atoms with E-state index in [-0.39, 0.29) is 34.2 Å². The zero-order chi connectivity index (χ0) is 36.9. The lowest BCUT2D eigenvalue weighted by atomic mass is 9.86. The number of likely N-dealkylation sites (N-methyl/N-ethyl adjacent to an activating group) is 1. The molecule has 0 saturated carbocycles. The number of carbonyl (C=O) groups excluding carboxylic acids is 1. The lowest BCUT2D eigenvalue weighted by Gasteiger charge is -2.47. The van der Waals surface area contributed by atoms with Crippen LogP contribution in [0.2, 0.25) is 0 Å². The Bertz CT molecular complexity index is 2180. The third-order valence-corrected chi connectivity index (χ3v) is 10.4. The van der Waals surface area contributed by atoms with Crippen molar-refractivity contribution in [1.82, 2.24) is 24.6 Å². The fraction of sp³-hybridized carbons (Fsp3) is 0.375. The Morgan fingerprint density at radius 3 is 2.54 bits per heavy atom. The van der Waals surface area contributed by atoms with Crippen molar-refractivity contribution >= 4 is 39.8 Å². The van der Waals surface area contributed by atoms with Gasteiger partial charge in [-0.3, -0.25) is 14.5 Å². The first-order chi connectivity index (χ1) is 24.9. The molecular weight excluding hydrogens is 664 g/mol. The number of rotatable bonds is 7. The first-order valence-electron chi connectivity index (χ1n) is 17.6. The highest BCUT2D eigenvalue weighted by Gasteiger charge is 2.33. The molecule has 1 unspecified atom stereocenters. The van der Waals surface area contributed by atoms with E-state index in [1.807, 2.05) is 51.0 Å². The van der Waals surface area contributed by atoms with Gasteiger partial charge in [-0.2, -0.15) is 9.78 Å². The maximum atomic E-state index is 15.4. The molecule has 52 heavy (non-hydrogen) atoms. The molecule has 2 saturated heterocycles. The van der Waals surface area contributed by atoms with Crippen LogP contribution in [0.1, 0.15) is 55.6 Å². The predicted octanol–water partition coefficient (Wildman–Crippen LogP) is 6.08. The largest absolute Gasteiger partial charge is 0.378 e. The molecule has 0 N–H and O–H groups in total. The molecule has 0 amide bonds. The normalized spacial score (nSPS) is 19.7. The molecule has 0 bridgehead atoms. The summed E-state index contributed by atoms with van der Waals surface area (Å²) in [6.07, 6.45) is 6.53. The molecule has 10 nitrogen and oxygen atoms in total. The van der Waals surface area contributed by atoms with Crippen LogP contribution in [0.15, 0.2) is 76.9 Å². The Hall–Kier alpha value is -5.07. The van der Waals surface area contributed by atoms with Gasteiger partial charge in [-0.05, 0) is 64.9 Å². The zero-order valence-electron chi connectivity index (χ0n) is 30.2. The van der Waals surface area contributed by atoms with Crippen LogP contribution >= 0.6 is 0 Å². The number of benzene rings is 2. The van der Waals surface area contributed by atoms with Gasteiger partial charge in [0.2, 0.25) is 0 Å². The molecule has 2 aromatic carbocycles. The quantitative estimate of drug-likeness (QED) is 0.213. The van der Waals surface area contributed by atoms with Gasteiger partial charge >= 0.3 is 0 Å². The number of piperazine rings is 1. The number of aliphatic imine (C=N–C) groups is 1. The Kier molecular flexibility index (Phi) is 9.39. The number of aldehydes is 1. The van der Waals surface area contributed by atoms with E-state index >= 15 is 8.78 Å². The molecule has 0 spiro atoms. The molecule has 2 fully saturated rings. The number of carbonyl (C=O) groups is 1. The smallest absolute Gasteiger partial charge is 0.282 e. The Labute approximate surface area is 301 Å². The summed E-state index contributed by atoms with van der Waals surface area (Å²) in [5, 5.41) is 4.40. The second-order valence-electron chi connectivity index (χ2n) is 14.8. The molecule has 270 valence electrons. The number of halogens is 2. The van der Waals surface area contributed by atoms with Crippen molar-refractivity contribution in [3.8, 4) is 5.69 Å². The zero-order valence-corrected chi connectivity index (χ0v) is 30.2. The molecular formula is C40H43F2N7O3. The minimum atomic E-state index is -0.796. The van der Waals surface area contributed by atoms with Gasteiger partial charge in [0.05, 0.1) is 59.8 Å². The van der Waals surface area contributed by atoms with E-state index < -0.39 is 17.2 Å². The number of hydrogen-bond acceptors (Lipinski definition) is 9. The van der Waals surface area contributed by atoms with E-state index in [2.05, 4.69) is 33.4 Å². The van der Waals surface area contributed by atoms with Crippen LogP contribution in [-0.4, -0.2) is 95.1 Å². The molecule has 5 heterocycles. The van der Waals surface area contributed by atoms with Gasteiger partial charge in [-0.1, -0.05) is 34.3 Å². The summed E-state index contributed by atoms with van der Waals surface area (Å²) in [6.45, 7) is 17.0. The highest BCUT2D eigenvalue weighted by Crippen LogP contribution is 2.32. The third-order valence-electron chi connectivity index (χ3n) is 10.4. The third kappa shape index (κ3) is 6.56. The summed E-state index contributed by atoms with van der Waals surface area (Å²) in [6, 6.07) is 10.1. The van der Waals surface area contributed by atoms with Gasteiger partial charge in [0, 0.05) is 56.3 Å². The summed E-state index contributed by atoms with van der Waals surface area (Å²) in [5.41, 5.74) is 2.47.